The highest BCUT2D eigenvalue weighted by Gasteiger charge is 2.28. The molecule has 1 aliphatic rings. The topological polar surface area (TPSA) is 34.0 Å². The first-order valence-electron chi connectivity index (χ1n) is 4.70. The van der Waals surface area contributed by atoms with E-state index in [1.807, 2.05) is 4.57 Å². The minimum atomic E-state index is 0.480. The molecule has 1 aromatic heterocycles. The quantitative estimate of drug-likeness (QED) is 0.680. The molecule has 4 nitrogen and oxygen atoms in total. The Hall–Kier alpha value is -0.900. The third kappa shape index (κ3) is 2.06. The van der Waals surface area contributed by atoms with Gasteiger partial charge in [0.15, 0.2) is 0 Å². The van der Waals surface area contributed by atoms with Crippen LogP contribution in [0.15, 0.2) is 12.7 Å². The summed E-state index contributed by atoms with van der Waals surface area (Å²) in [5.74, 6) is 0. The number of hydrogen-bond acceptors (Lipinski definition) is 3. The molecule has 2 heterocycles. The summed E-state index contributed by atoms with van der Waals surface area (Å²) in [4.78, 5) is 2.43. The second-order valence-electron chi connectivity index (χ2n) is 4.58. The van der Waals surface area contributed by atoms with E-state index in [-0.39, 0.29) is 0 Å². The van der Waals surface area contributed by atoms with Crippen molar-refractivity contribution in [2.75, 3.05) is 13.1 Å². The Morgan fingerprint density at radius 1 is 1.31 bits per heavy atom. The molecule has 1 aliphatic heterocycles. The Kier molecular flexibility index (Phi) is 2.07. The van der Waals surface area contributed by atoms with Crippen LogP contribution in [0.4, 0.5) is 0 Å². The summed E-state index contributed by atoms with van der Waals surface area (Å²) < 4.78 is 2.02. The molecule has 0 saturated carbocycles. The van der Waals surface area contributed by atoms with Crippen LogP contribution in [0.2, 0.25) is 0 Å². The van der Waals surface area contributed by atoms with Crippen molar-refractivity contribution >= 4 is 0 Å². The molecule has 0 spiro atoms. The van der Waals surface area contributed by atoms with Crippen LogP contribution in [0.25, 0.3) is 0 Å². The molecule has 0 amide bonds. The minimum Gasteiger partial charge on any atom is -0.306 e. The number of nitrogens with zero attached hydrogens (tertiary/aromatic N) is 4. The Morgan fingerprint density at radius 2 is 2.00 bits per heavy atom. The van der Waals surface area contributed by atoms with Crippen LogP contribution in [-0.4, -0.2) is 32.8 Å². The Bertz CT molecular complexity index is 265. The van der Waals surface area contributed by atoms with E-state index in [9.17, 15) is 0 Å². The van der Waals surface area contributed by atoms with E-state index >= 15 is 0 Å². The van der Waals surface area contributed by atoms with Crippen LogP contribution < -0.4 is 0 Å². The summed E-state index contributed by atoms with van der Waals surface area (Å²) in [5, 5.41) is 7.57. The van der Waals surface area contributed by atoms with Crippen molar-refractivity contribution in [2.24, 2.45) is 5.41 Å². The smallest absolute Gasteiger partial charge is 0.120 e. The summed E-state index contributed by atoms with van der Waals surface area (Å²) in [6.07, 6.45) is 4.83. The lowest BCUT2D eigenvalue weighted by Crippen LogP contribution is -2.25. The number of likely N-dealkylation sites (tertiary alicyclic amines) is 1. The lowest BCUT2D eigenvalue weighted by atomic mass is 9.93. The SMILES string of the molecule is CC1(C)CCN(Cn2cnnc2)C1. The highest BCUT2D eigenvalue weighted by molar-refractivity contribution is 4.81. The van der Waals surface area contributed by atoms with Gasteiger partial charge < -0.3 is 4.57 Å². The molecule has 0 atom stereocenters. The van der Waals surface area contributed by atoms with Gasteiger partial charge >= 0.3 is 0 Å². The third-order valence-electron chi connectivity index (χ3n) is 2.59. The molecule has 1 saturated heterocycles. The van der Waals surface area contributed by atoms with Crippen LogP contribution in [0.3, 0.4) is 0 Å². The van der Waals surface area contributed by atoms with Gasteiger partial charge in [-0.2, -0.15) is 0 Å². The molecule has 1 fully saturated rings. The van der Waals surface area contributed by atoms with Crippen molar-refractivity contribution in [3.63, 3.8) is 0 Å². The average molecular weight is 180 g/mol. The van der Waals surface area contributed by atoms with Gasteiger partial charge in [-0.15, -0.1) is 10.2 Å². The predicted octanol–water partition coefficient (Wildman–Crippen LogP) is 0.968. The van der Waals surface area contributed by atoms with Gasteiger partial charge in [-0.05, 0) is 11.8 Å². The standard InChI is InChI=1S/C9H16N4/c1-9(2)3-4-12(5-9)8-13-6-10-11-7-13/h6-7H,3-5,8H2,1-2H3. The van der Waals surface area contributed by atoms with Crippen LogP contribution >= 0.6 is 0 Å². The molecular formula is C9H16N4. The van der Waals surface area contributed by atoms with Crippen LogP contribution in [0.5, 0.6) is 0 Å². The van der Waals surface area contributed by atoms with Gasteiger partial charge in [-0.25, -0.2) is 0 Å². The van der Waals surface area contributed by atoms with Gasteiger partial charge in [0.2, 0.25) is 0 Å². The van der Waals surface area contributed by atoms with E-state index in [4.69, 9.17) is 0 Å². The molecule has 0 aromatic carbocycles. The van der Waals surface area contributed by atoms with Crippen molar-refractivity contribution in [1.82, 2.24) is 19.7 Å². The largest absolute Gasteiger partial charge is 0.306 e. The van der Waals surface area contributed by atoms with Gasteiger partial charge in [0, 0.05) is 13.1 Å². The fourth-order valence-electron chi connectivity index (χ4n) is 1.87. The summed E-state index contributed by atoms with van der Waals surface area (Å²) in [6.45, 7) is 7.92. The first kappa shape index (κ1) is 8.69. The molecule has 1 aromatic rings. The number of aromatic nitrogens is 3. The fourth-order valence-corrected chi connectivity index (χ4v) is 1.87. The summed E-state index contributed by atoms with van der Waals surface area (Å²) >= 11 is 0. The molecule has 4 heteroatoms. The highest BCUT2D eigenvalue weighted by Crippen LogP contribution is 2.28. The maximum atomic E-state index is 3.79. The van der Waals surface area contributed by atoms with Crippen LogP contribution in [-0.2, 0) is 6.67 Å². The second kappa shape index (κ2) is 3.10. The Morgan fingerprint density at radius 3 is 2.54 bits per heavy atom. The summed E-state index contributed by atoms with van der Waals surface area (Å²) in [7, 11) is 0. The predicted molar refractivity (Wildman–Crippen MR) is 50.0 cm³/mol. The molecule has 72 valence electrons. The van der Waals surface area contributed by atoms with Crippen molar-refractivity contribution in [1.29, 1.82) is 0 Å². The van der Waals surface area contributed by atoms with Crippen molar-refractivity contribution in [3.05, 3.63) is 12.7 Å². The first-order valence-corrected chi connectivity index (χ1v) is 4.70. The van der Waals surface area contributed by atoms with Gasteiger partial charge in [0.05, 0.1) is 6.67 Å². The van der Waals surface area contributed by atoms with E-state index in [2.05, 4.69) is 28.9 Å². The average Bonchev–Trinajstić information content (AvgIpc) is 2.61. The lowest BCUT2D eigenvalue weighted by Gasteiger charge is -2.19. The number of rotatable bonds is 2. The van der Waals surface area contributed by atoms with E-state index in [0.717, 1.165) is 6.67 Å². The monoisotopic (exact) mass is 180 g/mol. The first-order chi connectivity index (χ1) is 6.16. The molecule has 0 bridgehead atoms. The Labute approximate surface area is 78.6 Å². The fraction of sp³-hybridized carbons (Fsp3) is 0.778. The van der Waals surface area contributed by atoms with Gasteiger partial charge in [0.25, 0.3) is 0 Å². The zero-order valence-corrected chi connectivity index (χ0v) is 8.27. The lowest BCUT2D eigenvalue weighted by molar-refractivity contribution is 0.239. The normalized spacial score (nSPS) is 22.3. The van der Waals surface area contributed by atoms with Crippen molar-refractivity contribution in [2.45, 2.75) is 26.9 Å². The third-order valence-corrected chi connectivity index (χ3v) is 2.59. The summed E-state index contributed by atoms with van der Waals surface area (Å²) in [5.41, 5.74) is 0.480. The van der Waals surface area contributed by atoms with Crippen molar-refractivity contribution < 1.29 is 0 Å². The zero-order chi connectivity index (χ0) is 9.31. The minimum absolute atomic E-state index is 0.480. The van der Waals surface area contributed by atoms with E-state index in [1.165, 1.54) is 19.5 Å². The van der Waals surface area contributed by atoms with Gasteiger partial charge in [0.1, 0.15) is 12.7 Å². The van der Waals surface area contributed by atoms with E-state index < -0.39 is 0 Å². The molecule has 0 aliphatic carbocycles. The molecule has 13 heavy (non-hydrogen) atoms. The van der Waals surface area contributed by atoms with E-state index in [0.29, 0.717) is 5.41 Å². The Balaban J connectivity index is 1.91. The number of hydrogen-bond donors (Lipinski definition) is 0. The maximum absolute atomic E-state index is 3.79. The molecule has 0 unspecified atom stereocenters. The van der Waals surface area contributed by atoms with Crippen molar-refractivity contribution in [3.8, 4) is 0 Å². The summed E-state index contributed by atoms with van der Waals surface area (Å²) in [6, 6.07) is 0. The highest BCUT2D eigenvalue weighted by atomic mass is 15.3. The maximum Gasteiger partial charge on any atom is 0.120 e. The van der Waals surface area contributed by atoms with E-state index in [1.54, 1.807) is 12.7 Å². The van der Waals surface area contributed by atoms with Gasteiger partial charge in [-0.3, -0.25) is 4.90 Å². The molecular weight excluding hydrogens is 164 g/mol. The second-order valence-corrected chi connectivity index (χ2v) is 4.58. The zero-order valence-electron chi connectivity index (χ0n) is 8.27. The molecule has 0 N–H and O–H groups in total. The molecule has 2 rings (SSSR count). The molecule has 0 radical (unpaired) electrons. The van der Waals surface area contributed by atoms with Gasteiger partial charge in [-0.1, -0.05) is 13.8 Å². The van der Waals surface area contributed by atoms with Crippen LogP contribution in [0, 0.1) is 5.41 Å². The van der Waals surface area contributed by atoms with Crippen LogP contribution in [0.1, 0.15) is 20.3 Å².